The molecule has 20 heavy (non-hydrogen) atoms. The standard InChI is InChI=1S/C16H24ClNOSi/c1-10(2)20(11(3)4,12(5)6)16-9-13-14(19-16)7-8-15(17)18-13/h7-12H,1-6H3. The van der Waals surface area contributed by atoms with Crippen LogP contribution >= 0.6 is 11.6 Å². The highest BCUT2D eigenvalue weighted by molar-refractivity contribution is 6.94. The van der Waals surface area contributed by atoms with Gasteiger partial charge in [-0.1, -0.05) is 53.1 Å². The van der Waals surface area contributed by atoms with Gasteiger partial charge in [0.15, 0.2) is 5.58 Å². The second-order valence-corrected chi connectivity index (χ2v) is 12.7. The predicted molar refractivity (Wildman–Crippen MR) is 89.7 cm³/mol. The van der Waals surface area contributed by atoms with Crippen LogP contribution in [0.2, 0.25) is 21.8 Å². The maximum atomic E-state index is 6.21. The van der Waals surface area contributed by atoms with Gasteiger partial charge in [0.25, 0.3) is 0 Å². The van der Waals surface area contributed by atoms with E-state index in [1.807, 2.05) is 6.07 Å². The zero-order valence-electron chi connectivity index (χ0n) is 13.2. The van der Waals surface area contributed by atoms with Crippen molar-refractivity contribution in [2.75, 3.05) is 0 Å². The highest BCUT2D eigenvalue weighted by atomic mass is 35.5. The van der Waals surface area contributed by atoms with Gasteiger partial charge in [-0.15, -0.1) is 0 Å². The Balaban J connectivity index is 2.68. The van der Waals surface area contributed by atoms with Crippen LogP contribution in [-0.2, 0) is 0 Å². The summed E-state index contributed by atoms with van der Waals surface area (Å²) in [5.41, 5.74) is 3.60. The van der Waals surface area contributed by atoms with Crippen LogP contribution in [-0.4, -0.2) is 13.1 Å². The number of hydrogen-bond acceptors (Lipinski definition) is 2. The summed E-state index contributed by atoms with van der Waals surface area (Å²) in [6.45, 7) is 14.0. The number of furan rings is 1. The topological polar surface area (TPSA) is 26.0 Å². The van der Waals surface area contributed by atoms with Crippen LogP contribution in [0.1, 0.15) is 41.5 Å². The van der Waals surface area contributed by atoms with Crippen molar-refractivity contribution in [1.29, 1.82) is 0 Å². The van der Waals surface area contributed by atoms with E-state index in [1.54, 1.807) is 6.07 Å². The monoisotopic (exact) mass is 309 g/mol. The molecule has 2 aromatic rings. The number of nitrogens with zero attached hydrogens (tertiary/aromatic N) is 1. The van der Waals surface area contributed by atoms with Crippen molar-refractivity contribution in [1.82, 2.24) is 4.98 Å². The van der Waals surface area contributed by atoms with Crippen molar-refractivity contribution in [3.05, 3.63) is 23.4 Å². The third kappa shape index (κ3) is 2.31. The molecule has 0 unspecified atom stereocenters. The molecule has 0 radical (unpaired) electrons. The summed E-state index contributed by atoms with van der Waals surface area (Å²) in [5, 5.41) is 1.69. The fourth-order valence-electron chi connectivity index (χ4n) is 3.97. The van der Waals surface area contributed by atoms with Crippen LogP contribution in [0.4, 0.5) is 0 Å². The van der Waals surface area contributed by atoms with Gasteiger partial charge in [-0.3, -0.25) is 0 Å². The van der Waals surface area contributed by atoms with Crippen LogP contribution in [0.15, 0.2) is 22.6 Å². The molecule has 2 rings (SSSR count). The summed E-state index contributed by atoms with van der Waals surface area (Å²) in [5.74, 6) is 0. The van der Waals surface area contributed by atoms with E-state index in [4.69, 9.17) is 16.0 Å². The third-order valence-electron chi connectivity index (χ3n) is 4.63. The molecule has 0 aliphatic rings. The van der Waals surface area contributed by atoms with E-state index in [9.17, 15) is 0 Å². The van der Waals surface area contributed by atoms with Gasteiger partial charge in [0.05, 0.1) is 5.38 Å². The molecule has 0 aromatic carbocycles. The van der Waals surface area contributed by atoms with E-state index in [2.05, 4.69) is 52.6 Å². The maximum Gasteiger partial charge on any atom is 0.152 e. The zero-order chi connectivity index (χ0) is 15.1. The molecule has 0 atom stereocenters. The van der Waals surface area contributed by atoms with Crippen LogP contribution in [0, 0.1) is 0 Å². The third-order valence-corrected chi connectivity index (χ3v) is 11.7. The number of pyridine rings is 1. The van der Waals surface area contributed by atoms with Gasteiger partial charge < -0.3 is 4.42 Å². The van der Waals surface area contributed by atoms with Crippen molar-refractivity contribution in [3.63, 3.8) is 0 Å². The summed E-state index contributed by atoms with van der Waals surface area (Å²) in [4.78, 5) is 4.38. The Morgan fingerprint density at radius 1 is 1.00 bits per heavy atom. The summed E-state index contributed by atoms with van der Waals surface area (Å²) in [7, 11) is -1.75. The average molecular weight is 310 g/mol. The minimum atomic E-state index is -1.75. The maximum absolute atomic E-state index is 6.21. The first-order valence-corrected chi connectivity index (χ1v) is 9.97. The van der Waals surface area contributed by atoms with Crippen LogP contribution in [0.25, 0.3) is 11.1 Å². The van der Waals surface area contributed by atoms with Crippen LogP contribution in [0.5, 0.6) is 0 Å². The van der Waals surface area contributed by atoms with Gasteiger partial charge in [0.1, 0.15) is 18.7 Å². The van der Waals surface area contributed by atoms with Crippen molar-refractivity contribution >= 4 is 36.2 Å². The Morgan fingerprint density at radius 2 is 1.55 bits per heavy atom. The predicted octanol–water partition coefficient (Wildman–Crippen LogP) is 5.37. The fraction of sp³-hybridized carbons (Fsp3) is 0.562. The largest absolute Gasteiger partial charge is 0.464 e. The first kappa shape index (κ1) is 15.6. The number of hydrogen-bond donors (Lipinski definition) is 0. The lowest BCUT2D eigenvalue weighted by Crippen LogP contribution is -2.55. The SMILES string of the molecule is CC(C)[Si](c1cc2nc(Cl)ccc2o1)(C(C)C)C(C)C. The first-order chi connectivity index (χ1) is 9.30. The van der Waals surface area contributed by atoms with Crippen LogP contribution < -0.4 is 5.38 Å². The Hall–Kier alpha value is -0.803. The highest BCUT2D eigenvalue weighted by Gasteiger charge is 2.47. The summed E-state index contributed by atoms with van der Waals surface area (Å²) < 4.78 is 6.21. The second-order valence-electron chi connectivity index (χ2n) is 6.53. The molecule has 0 amide bonds. The molecule has 110 valence electrons. The Morgan fingerprint density at radius 3 is 2.05 bits per heavy atom. The molecule has 2 heterocycles. The van der Waals surface area contributed by atoms with Gasteiger partial charge in [0, 0.05) is 6.07 Å². The minimum absolute atomic E-state index is 0.524. The summed E-state index contributed by atoms with van der Waals surface area (Å²) in [6, 6.07) is 5.85. The smallest absolute Gasteiger partial charge is 0.152 e. The van der Waals surface area contributed by atoms with Crippen LogP contribution in [0.3, 0.4) is 0 Å². The molecule has 0 saturated carbocycles. The Labute approximate surface area is 127 Å². The highest BCUT2D eigenvalue weighted by Crippen LogP contribution is 2.41. The minimum Gasteiger partial charge on any atom is -0.464 e. The van der Waals surface area contributed by atoms with Crippen molar-refractivity contribution in [2.24, 2.45) is 0 Å². The number of fused-ring (bicyclic) bond motifs is 1. The molecule has 0 aliphatic carbocycles. The van der Waals surface area contributed by atoms with Crippen molar-refractivity contribution < 1.29 is 4.42 Å². The fourth-order valence-corrected chi connectivity index (χ4v) is 10.5. The van der Waals surface area contributed by atoms with E-state index < -0.39 is 8.07 Å². The lowest BCUT2D eigenvalue weighted by atomic mass is 10.4. The second kappa shape index (κ2) is 5.53. The molecule has 0 aliphatic heterocycles. The summed E-state index contributed by atoms with van der Waals surface area (Å²) >= 11 is 5.99. The molecule has 0 fully saturated rings. The molecule has 0 N–H and O–H groups in total. The summed E-state index contributed by atoms with van der Waals surface area (Å²) in [6.07, 6.45) is 0. The van der Waals surface area contributed by atoms with E-state index in [0.717, 1.165) is 11.1 Å². The molecule has 2 aromatic heterocycles. The van der Waals surface area contributed by atoms with E-state index in [0.29, 0.717) is 21.8 Å². The number of rotatable bonds is 4. The molecule has 4 heteroatoms. The number of halogens is 1. The number of aromatic nitrogens is 1. The van der Waals surface area contributed by atoms with E-state index in [-0.39, 0.29) is 0 Å². The lowest BCUT2D eigenvalue weighted by Gasteiger charge is -2.40. The molecule has 2 nitrogen and oxygen atoms in total. The van der Waals surface area contributed by atoms with Gasteiger partial charge in [-0.25, -0.2) is 4.98 Å². The Bertz CT molecular complexity index is 582. The Kier molecular flexibility index (Phi) is 4.31. The van der Waals surface area contributed by atoms with Gasteiger partial charge in [-0.05, 0) is 28.8 Å². The normalized spacial score (nSPS) is 13.1. The van der Waals surface area contributed by atoms with E-state index in [1.165, 1.54) is 5.38 Å². The quantitative estimate of drug-likeness (QED) is 0.561. The molecule has 0 spiro atoms. The van der Waals surface area contributed by atoms with Crippen molar-refractivity contribution in [3.8, 4) is 0 Å². The zero-order valence-corrected chi connectivity index (χ0v) is 15.0. The molecule has 0 bridgehead atoms. The first-order valence-electron chi connectivity index (χ1n) is 7.36. The van der Waals surface area contributed by atoms with E-state index >= 15 is 0 Å². The molecule has 0 saturated heterocycles. The average Bonchev–Trinajstić information content (AvgIpc) is 2.70. The van der Waals surface area contributed by atoms with Gasteiger partial charge in [0.2, 0.25) is 0 Å². The molecular weight excluding hydrogens is 286 g/mol. The molecular formula is C16H24ClNOSi. The lowest BCUT2D eigenvalue weighted by molar-refractivity contribution is 0.633. The van der Waals surface area contributed by atoms with Gasteiger partial charge in [-0.2, -0.15) is 0 Å². The van der Waals surface area contributed by atoms with Crippen molar-refractivity contribution in [2.45, 2.75) is 58.2 Å². The van der Waals surface area contributed by atoms with Gasteiger partial charge >= 0.3 is 0 Å².